The highest BCUT2D eigenvalue weighted by Crippen LogP contribution is 2.27. The Morgan fingerprint density at radius 1 is 1.41 bits per heavy atom. The summed E-state index contributed by atoms with van der Waals surface area (Å²) in [6.45, 7) is 7.79. The maximum absolute atomic E-state index is 11.7. The highest BCUT2D eigenvalue weighted by Gasteiger charge is 2.33. The number of likely N-dealkylation sites (tertiary alicyclic amines) is 1. The summed E-state index contributed by atoms with van der Waals surface area (Å²) in [4.78, 5) is 23.1. The molecule has 2 rings (SSSR count). The molecule has 0 bridgehead atoms. The van der Waals surface area contributed by atoms with Gasteiger partial charge in [0.15, 0.2) is 6.17 Å². The second-order valence-electron chi connectivity index (χ2n) is 5.44. The second kappa shape index (κ2) is 4.39. The zero-order chi connectivity index (χ0) is 12.5. The van der Waals surface area contributed by atoms with Crippen molar-refractivity contribution in [2.45, 2.75) is 33.4 Å². The number of amides is 1. The summed E-state index contributed by atoms with van der Waals surface area (Å²) in [5.74, 6) is 0. The number of allylic oxidation sites excluding steroid dienone is 1. The Labute approximate surface area is 102 Å². The molecule has 2 aliphatic rings. The van der Waals surface area contributed by atoms with E-state index in [-0.39, 0.29) is 17.7 Å². The van der Waals surface area contributed by atoms with Gasteiger partial charge in [-0.25, -0.2) is 4.79 Å². The third kappa shape index (κ3) is 2.60. The van der Waals surface area contributed by atoms with Crippen molar-refractivity contribution in [3.63, 3.8) is 0 Å². The van der Waals surface area contributed by atoms with Crippen LogP contribution in [0.3, 0.4) is 0 Å². The SMILES string of the molecule is CC(C)(C)C1N=CC=CN1OC(=O)N1CCC1. The molecule has 0 N–H and O–H groups in total. The van der Waals surface area contributed by atoms with Gasteiger partial charge in [0.25, 0.3) is 0 Å². The van der Waals surface area contributed by atoms with Crippen LogP contribution in [0.2, 0.25) is 0 Å². The van der Waals surface area contributed by atoms with Crippen LogP contribution in [0.5, 0.6) is 0 Å². The van der Waals surface area contributed by atoms with Crippen molar-refractivity contribution in [1.29, 1.82) is 0 Å². The molecule has 0 radical (unpaired) electrons. The molecule has 1 fully saturated rings. The van der Waals surface area contributed by atoms with E-state index < -0.39 is 0 Å². The minimum absolute atomic E-state index is 0.0868. The van der Waals surface area contributed by atoms with E-state index >= 15 is 0 Å². The maximum Gasteiger partial charge on any atom is 0.434 e. The van der Waals surface area contributed by atoms with E-state index in [4.69, 9.17) is 4.84 Å². The Morgan fingerprint density at radius 2 is 2.12 bits per heavy atom. The topological polar surface area (TPSA) is 45.1 Å². The second-order valence-corrected chi connectivity index (χ2v) is 5.44. The number of hydrogen-bond donors (Lipinski definition) is 0. The first-order valence-electron chi connectivity index (χ1n) is 5.94. The van der Waals surface area contributed by atoms with E-state index in [0.717, 1.165) is 19.5 Å². The van der Waals surface area contributed by atoms with Crippen molar-refractivity contribution in [1.82, 2.24) is 9.96 Å². The summed E-state index contributed by atoms with van der Waals surface area (Å²) in [6, 6.07) is 0. The normalized spacial score (nSPS) is 23.6. The van der Waals surface area contributed by atoms with Crippen molar-refractivity contribution in [2.24, 2.45) is 10.4 Å². The number of hydrogen-bond acceptors (Lipinski definition) is 4. The molecular weight excluding hydrogens is 218 g/mol. The summed E-state index contributed by atoms with van der Waals surface area (Å²) in [7, 11) is 0. The Balaban J connectivity index is 2.00. The highest BCUT2D eigenvalue weighted by atomic mass is 16.7. The third-order valence-corrected chi connectivity index (χ3v) is 2.86. The molecule has 1 amide bonds. The average Bonchev–Trinajstić information content (AvgIpc) is 2.13. The predicted octanol–water partition coefficient (Wildman–Crippen LogP) is 2.02. The van der Waals surface area contributed by atoms with Gasteiger partial charge in [-0.3, -0.25) is 4.99 Å². The molecule has 94 valence electrons. The first-order valence-corrected chi connectivity index (χ1v) is 5.94. The molecule has 0 spiro atoms. The van der Waals surface area contributed by atoms with Crippen LogP contribution in [0.25, 0.3) is 0 Å². The van der Waals surface area contributed by atoms with Gasteiger partial charge in [0.1, 0.15) is 0 Å². The van der Waals surface area contributed by atoms with Crippen molar-refractivity contribution >= 4 is 12.3 Å². The smallest absolute Gasteiger partial charge is 0.320 e. The van der Waals surface area contributed by atoms with Crippen LogP contribution in [0.15, 0.2) is 17.3 Å². The van der Waals surface area contributed by atoms with Crippen molar-refractivity contribution in [3.8, 4) is 0 Å². The van der Waals surface area contributed by atoms with Crippen LogP contribution >= 0.6 is 0 Å². The predicted molar refractivity (Wildman–Crippen MR) is 65.4 cm³/mol. The molecule has 0 saturated carbocycles. The maximum atomic E-state index is 11.7. The quantitative estimate of drug-likeness (QED) is 0.701. The lowest BCUT2D eigenvalue weighted by Crippen LogP contribution is -2.48. The fourth-order valence-corrected chi connectivity index (χ4v) is 1.73. The summed E-state index contributed by atoms with van der Waals surface area (Å²) < 4.78 is 0. The highest BCUT2D eigenvalue weighted by molar-refractivity contribution is 5.72. The minimum atomic E-state index is -0.285. The lowest BCUT2D eigenvalue weighted by Gasteiger charge is -2.38. The number of carbonyl (C=O) groups is 1. The molecule has 0 aromatic rings. The monoisotopic (exact) mass is 237 g/mol. The number of hydroxylamine groups is 2. The minimum Gasteiger partial charge on any atom is -0.320 e. The Bertz CT molecular complexity index is 353. The lowest BCUT2D eigenvalue weighted by atomic mass is 9.92. The number of nitrogens with zero attached hydrogens (tertiary/aromatic N) is 3. The fourth-order valence-electron chi connectivity index (χ4n) is 1.73. The van der Waals surface area contributed by atoms with Gasteiger partial charge >= 0.3 is 6.09 Å². The first-order chi connectivity index (χ1) is 7.98. The number of aliphatic imine (C=N–C) groups is 1. The molecule has 1 saturated heterocycles. The molecule has 5 heteroatoms. The average molecular weight is 237 g/mol. The van der Waals surface area contributed by atoms with Gasteiger partial charge in [-0.05, 0) is 12.5 Å². The largest absolute Gasteiger partial charge is 0.434 e. The fraction of sp³-hybridized carbons (Fsp3) is 0.667. The molecule has 0 aromatic carbocycles. The summed E-state index contributed by atoms with van der Waals surface area (Å²) in [5, 5.41) is 1.54. The molecule has 1 atom stereocenters. The van der Waals surface area contributed by atoms with Gasteiger partial charge in [0, 0.05) is 30.9 Å². The summed E-state index contributed by atoms with van der Waals surface area (Å²) in [6.07, 6.45) is 5.87. The zero-order valence-corrected chi connectivity index (χ0v) is 10.6. The number of rotatable bonds is 1. The van der Waals surface area contributed by atoms with Gasteiger partial charge < -0.3 is 9.74 Å². The molecule has 0 aliphatic carbocycles. The number of carbonyl (C=O) groups excluding carboxylic acids is 1. The summed E-state index contributed by atoms with van der Waals surface area (Å²) in [5.41, 5.74) is -0.0868. The van der Waals surface area contributed by atoms with Crippen LogP contribution in [0.1, 0.15) is 27.2 Å². The molecule has 0 aromatic heterocycles. The van der Waals surface area contributed by atoms with Crippen LogP contribution in [-0.4, -0.2) is 41.5 Å². The standard InChI is InChI=1S/C12H19N3O2/c1-12(2,3)10-13-6-4-9-15(10)17-11(16)14-7-5-8-14/h4,6,9-10H,5,7-8H2,1-3H3. The lowest BCUT2D eigenvalue weighted by molar-refractivity contribution is -0.129. The Morgan fingerprint density at radius 3 is 2.65 bits per heavy atom. The molecule has 5 nitrogen and oxygen atoms in total. The van der Waals surface area contributed by atoms with Gasteiger partial charge in [0.2, 0.25) is 0 Å². The van der Waals surface area contributed by atoms with Gasteiger partial charge in [0.05, 0.1) is 0 Å². The van der Waals surface area contributed by atoms with Gasteiger partial charge in [-0.15, -0.1) is 0 Å². The Kier molecular flexibility index (Phi) is 3.09. The van der Waals surface area contributed by atoms with Gasteiger partial charge in [-0.2, -0.15) is 5.06 Å². The van der Waals surface area contributed by atoms with Crippen molar-refractivity contribution < 1.29 is 9.63 Å². The van der Waals surface area contributed by atoms with E-state index in [1.807, 2.05) is 0 Å². The van der Waals surface area contributed by atoms with E-state index in [0.29, 0.717) is 0 Å². The van der Waals surface area contributed by atoms with E-state index in [1.165, 1.54) is 0 Å². The van der Waals surface area contributed by atoms with Crippen LogP contribution in [-0.2, 0) is 4.84 Å². The molecule has 2 heterocycles. The zero-order valence-electron chi connectivity index (χ0n) is 10.6. The Hall–Kier alpha value is -1.52. The van der Waals surface area contributed by atoms with Crippen molar-refractivity contribution in [3.05, 3.63) is 12.3 Å². The first kappa shape index (κ1) is 12.0. The van der Waals surface area contributed by atoms with E-state index in [2.05, 4.69) is 25.8 Å². The van der Waals surface area contributed by atoms with Gasteiger partial charge in [-0.1, -0.05) is 20.8 Å². The summed E-state index contributed by atoms with van der Waals surface area (Å²) >= 11 is 0. The molecule has 17 heavy (non-hydrogen) atoms. The third-order valence-electron chi connectivity index (χ3n) is 2.86. The molecular formula is C12H19N3O2. The van der Waals surface area contributed by atoms with Crippen LogP contribution < -0.4 is 0 Å². The van der Waals surface area contributed by atoms with E-state index in [1.54, 1.807) is 28.5 Å². The molecule has 1 unspecified atom stereocenters. The van der Waals surface area contributed by atoms with Crippen LogP contribution in [0.4, 0.5) is 4.79 Å². The van der Waals surface area contributed by atoms with E-state index in [9.17, 15) is 4.79 Å². The molecule has 2 aliphatic heterocycles. The van der Waals surface area contributed by atoms with Crippen molar-refractivity contribution in [2.75, 3.05) is 13.1 Å². The van der Waals surface area contributed by atoms with Crippen LogP contribution in [0, 0.1) is 5.41 Å².